The summed E-state index contributed by atoms with van der Waals surface area (Å²) in [6, 6.07) is 9.41. The number of nitrogens with one attached hydrogen (secondary N) is 2. The van der Waals surface area contributed by atoms with Crippen LogP contribution < -0.4 is 15.0 Å². The molecule has 8 rings (SSSR count). The maximum absolute atomic E-state index is 16.6. The summed E-state index contributed by atoms with van der Waals surface area (Å²) < 4.78 is 42.8. The summed E-state index contributed by atoms with van der Waals surface area (Å²) in [6.07, 6.45) is 9.25. The van der Waals surface area contributed by atoms with Gasteiger partial charge in [0.05, 0.1) is 22.2 Å². The number of aromatic amines is 1. The van der Waals surface area contributed by atoms with E-state index in [9.17, 15) is 9.50 Å². The van der Waals surface area contributed by atoms with Crippen LogP contribution in [0.3, 0.4) is 0 Å². The number of aromatic nitrogens is 4. The molecule has 6 aromatic rings. The Bertz CT molecular complexity index is 2130. The monoisotopic (exact) mass is 612 g/mol. The van der Waals surface area contributed by atoms with Crippen LogP contribution in [0.25, 0.3) is 44.0 Å². The highest BCUT2D eigenvalue weighted by atomic mass is 35.5. The predicted octanol–water partition coefficient (Wildman–Crippen LogP) is 6.06. The van der Waals surface area contributed by atoms with Crippen LogP contribution in [0.2, 0.25) is 5.22 Å². The number of phenolic OH excluding ortho intramolecular Hbond substituents is 1. The molecule has 0 amide bonds. The van der Waals surface area contributed by atoms with E-state index in [2.05, 4.69) is 31.1 Å². The van der Waals surface area contributed by atoms with Crippen molar-refractivity contribution in [2.24, 2.45) is 0 Å². The minimum Gasteiger partial charge on any atom is -0.508 e. The zero-order valence-electron chi connectivity index (χ0n) is 23.0. The first-order chi connectivity index (χ1) is 21.3. The number of halogens is 3. The summed E-state index contributed by atoms with van der Waals surface area (Å²) in [7, 11) is 0. The van der Waals surface area contributed by atoms with Gasteiger partial charge < -0.3 is 29.5 Å². The van der Waals surface area contributed by atoms with Crippen LogP contribution in [0.4, 0.5) is 14.6 Å². The molecule has 2 saturated heterocycles. The van der Waals surface area contributed by atoms with Gasteiger partial charge >= 0.3 is 6.01 Å². The second-order valence-electron chi connectivity index (χ2n) is 11.1. The van der Waals surface area contributed by atoms with Crippen LogP contribution in [0, 0.1) is 24.0 Å². The highest BCUT2D eigenvalue weighted by Gasteiger charge is 2.34. The smallest absolute Gasteiger partial charge is 0.319 e. The Labute approximate surface area is 253 Å². The first-order valence-corrected chi connectivity index (χ1v) is 14.4. The van der Waals surface area contributed by atoms with E-state index in [0.29, 0.717) is 46.5 Å². The van der Waals surface area contributed by atoms with Crippen molar-refractivity contribution >= 4 is 50.2 Å². The zero-order valence-corrected chi connectivity index (χ0v) is 23.8. The third-order valence-electron chi connectivity index (χ3n) is 8.30. The number of ether oxygens (including phenoxy) is 1. The largest absolute Gasteiger partial charge is 0.508 e. The molecular formula is C32H23ClF2N6O3. The normalized spacial score (nSPS) is 18.0. The van der Waals surface area contributed by atoms with Crippen molar-refractivity contribution in [2.45, 2.75) is 31.5 Å². The highest BCUT2D eigenvalue weighted by molar-refractivity contribution is 6.29. The fraction of sp³-hybridized carbons (Fsp3) is 0.219. The SMILES string of the molecule is C#Cc1c(F)ccc2cc(O)cc(-c3ncc4c(N5C[C@H]6CC[C@@H](C5)N6)nc(OCc5cc6oc(Cl)cc6[nH]5)nc4c3F)c12. The van der Waals surface area contributed by atoms with Crippen molar-refractivity contribution in [2.75, 3.05) is 18.0 Å². The quantitative estimate of drug-likeness (QED) is 0.202. The fourth-order valence-corrected chi connectivity index (χ4v) is 6.60. The number of anilines is 1. The number of rotatable bonds is 5. The van der Waals surface area contributed by atoms with Crippen LogP contribution >= 0.6 is 11.6 Å². The lowest BCUT2D eigenvalue weighted by atomic mass is 9.96. The molecule has 9 nitrogen and oxygen atoms in total. The Morgan fingerprint density at radius 3 is 2.73 bits per heavy atom. The maximum Gasteiger partial charge on any atom is 0.319 e. The molecule has 0 aliphatic carbocycles. The van der Waals surface area contributed by atoms with Gasteiger partial charge in [0.1, 0.15) is 35.2 Å². The summed E-state index contributed by atoms with van der Waals surface area (Å²) in [5.41, 5.74) is 1.90. The molecular weight excluding hydrogens is 590 g/mol. The zero-order chi connectivity index (χ0) is 30.1. The van der Waals surface area contributed by atoms with Crippen LogP contribution in [-0.2, 0) is 6.61 Å². The fourth-order valence-electron chi connectivity index (χ4n) is 6.40. The second-order valence-corrected chi connectivity index (χ2v) is 11.5. The van der Waals surface area contributed by atoms with Gasteiger partial charge in [-0.05, 0) is 48.0 Å². The number of fused-ring (bicyclic) bond motifs is 5. The van der Waals surface area contributed by atoms with E-state index in [4.69, 9.17) is 32.2 Å². The molecule has 12 heteroatoms. The number of nitrogens with zero attached hydrogens (tertiary/aromatic N) is 4. The number of phenols is 1. The first kappa shape index (κ1) is 26.7. The van der Waals surface area contributed by atoms with Crippen molar-refractivity contribution in [1.82, 2.24) is 25.3 Å². The van der Waals surface area contributed by atoms with E-state index in [1.807, 2.05) is 0 Å². The summed E-state index contributed by atoms with van der Waals surface area (Å²) in [5.74, 6) is 1.30. The molecule has 0 saturated carbocycles. The lowest BCUT2D eigenvalue weighted by molar-refractivity contribution is 0.278. The van der Waals surface area contributed by atoms with Gasteiger partial charge in [-0.1, -0.05) is 12.0 Å². The second kappa shape index (κ2) is 10.1. The summed E-state index contributed by atoms with van der Waals surface area (Å²) >= 11 is 5.93. The van der Waals surface area contributed by atoms with Gasteiger partial charge in [0.25, 0.3) is 0 Å². The molecule has 44 heavy (non-hydrogen) atoms. The van der Waals surface area contributed by atoms with Crippen molar-refractivity contribution < 1.29 is 23.0 Å². The van der Waals surface area contributed by atoms with E-state index in [1.165, 1.54) is 30.5 Å². The maximum atomic E-state index is 16.6. The number of pyridine rings is 1. The summed E-state index contributed by atoms with van der Waals surface area (Å²) in [5, 5.41) is 15.4. The van der Waals surface area contributed by atoms with E-state index in [0.717, 1.165) is 12.8 Å². The Hall–Kier alpha value is -4.92. The summed E-state index contributed by atoms with van der Waals surface area (Å²) in [6.45, 7) is 1.42. The number of terminal acetylenes is 1. The van der Waals surface area contributed by atoms with Crippen molar-refractivity contribution in [3.05, 3.63) is 70.7 Å². The number of H-pyrrole nitrogens is 1. The molecule has 220 valence electrons. The van der Waals surface area contributed by atoms with E-state index in [1.54, 1.807) is 12.1 Å². The Kier molecular flexibility index (Phi) is 6.11. The summed E-state index contributed by atoms with van der Waals surface area (Å²) in [4.78, 5) is 18.9. The minimum absolute atomic E-state index is 0.0249. The van der Waals surface area contributed by atoms with Gasteiger partial charge in [-0.25, -0.2) is 8.78 Å². The van der Waals surface area contributed by atoms with Crippen molar-refractivity contribution in [3.63, 3.8) is 0 Å². The van der Waals surface area contributed by atoms with Crippen molar-refractivity contribution in [3.8, 4) is 35.4 Å². The highest BCUT2D eigenvalue weighted by Crippen LogP contribution is 2.39. The molecule has 2 fully saturated rings. The average Bonchev–Trinajstić information content (AvgIpc) is 3.67. The van der Waals surface area contributed by atoms with Gasteiger partial charge in [-0.2, -0.15) is 9.97 Å². The molecule has 3 N–H and O–H groups in total. The number of hydrogen-bond donors (Lipinski definition) is 3. The molecule has 2 bridgehead atoms. The van der Waals surface area contributed by atoms with Crippen LogP contribution in [0.15, 0.2) is 47.0 Å². The number of furan rings is 1. The third kappa shape index (κ3) is 4.37. The number of aromatic hydroxyl groups is 1. The molecule has 2 aliphatic heterocycles. The first-order valence-electron chi connectivity index (χ1n) is 14.0. The molecule has 0 unspecified atom stereocenters. The molecule has 2 aromatic carbocycles. The predicted molar refractivity (Wildman–Crippen MR) is 162 cm³/mol. The van der Waals surface area contributed by atoms with Crippen LogP contribution in [0.5, 0.6) is 11.8 Å². The standard InChI is InChI=1S/C32H23ClF2N6O3/c1-2-20-23(34)6-3-15-7-19(42)9-21(27(15)20)29-28(35)30-22(11-36-29)31(41-12-16-4-5-17(13-41)37-16)40-32(39-30)43-14-18-8-25-24(38-18)10-26(33)44-25/h1,3,6-11,16-17,37-38,42H,4-5,12-14H2/t16-,17+. The number of piperazine rings is 1. The topological polar surface area (TPSA) is 112 Å². The van der Waals surface area contributed by atoms with Crippen LogP contribution in [0.1, 0.15) is 24.1 Å². The van der Waals surface area contributed by atoms with Crippen molar-refractivity contribution in [1.29, 1.82) is 0 Å². The Balaban J connectivity index is 1.28. The molecule has 4 aromatic heterocycles. The lowest BCUT2D eigenvalue weighted by Gasteiger charge is -2.34. The molecule has 2 aliphatic rings. The van der Waals surface area contributed by atoms with Gasteiger partial charge in [-0.15, -0.1) is 6.42 Å². The van der Waals surface area contributed by atoms with Gasteiger partial charge in [0.2, 0.25) is 0 Å². The molecule has 0 radical (unpaired) electrons. The lowest BCUT2D eigenvalue weighted by Crippen LogP contribution is -2.51. The Morgan fingerprint density at radius 2 is 1.95 bits per heavy atom. The average molecular weight is 613 g/mol. The number of benzene rings is 2. The molecule has 6 heterocycles. The molecule has 2 atom stereocenters. The minimum atomic E-state index is -0.778. The molecule has 0 spiro atoms. The van der Waals surface area contributed by atoms with Gasteiger partial charge in [-0.3, -0.25) is 4.98 Å². The Morgan fingerprint density at radius 1 is 1.14 bits per heavy atom. The van der Waals surface area contributed by atoms with E-state index < -0.39 is 11.6 Å². The third-order valence-corrected chi connectivity index (χ3v) is 8.49. The van der Waals surface area contributed by atoms with Gasteiger partial charge in [0.15, 0.2) is 16.6 Å². The van der Waals surface area contributed by atoms with E-state index >= 15 is 4.39 Å². The van der Waals surface area contributed by atoms with Gasteiger partial charge in [0, 0.05) is 54.5 Å². The van der Waals surface area contributed by atoms with Crippen LogP contribution in [-0.4, -0.2) is 50.2 Å². The van der Waals surface area contributed by atoms with E-state index in [-0.39, 0.29) is 63.4 Å². The number of hydrogen-bond acceptors (Lipinski definition) is 8.